The summed E-state index contributed by atoms with van der Waals surface area (Å²) < 4.78 is 16.2. The molecule has 2 aliphatic heterocycles. The predicted molar refractivity (Wildman–Crippen MR) is 63.0 cm³/mol. The number of aliphatic hydroxyl groups is 4. The zero-order chi connectivity index (χ0) is 14.2. The third-order valence-corrected chi connectivity index (χ3v) is 3.64. The molecule has 2 aliphatic rings. The van der Waals surface area contributed by atoms with Gasteiger partial charge in [0.2, 0.25) is 0 Å². The third kappa shape index (κ3) is 3.43. The highest BCUT2D eigenvalue weighted by Gasteiger charge is 2.41. The SMILES string of the molecule is C[C@H]1O[C@H](O[C@H]2[C@@H](O)C[C@@H](O)O[C@@H]2C)C[C@H](O)[C@@H]1O. The van der Waals surface area contributed by atoms with Crippen LogP contribution in [0, 0.1) is 0 Å². The van der Waals surface area contributed by atoms with E-state index in [0.717, 1.165) is 0 Å². The van der Waals surface area contributed by atoms with E-state index in [-0.39, 0.29) is 12.8 Å². The van der Waals surface area contributed by atoms with Crippen LogP contribution in [-0.2, 0) is 14.2 Å². The van der Waals surface area contributed by atoms with Gasteiger partial charge in [0.15, 0.2) is 12.6 Å². The quantitative estimate of drug-likeness (QED) is 0.498. The highest BCUT2D eigenvalue weighted by molar-refractivity contribution is 4.84. The topological polar surface area (TPSA) is 109 Å². The van der Waals surface area contributed by atoms with Gasteiger partial charge in [0.25, 0.3) is 0 Å². The van der Waals surface area contributed by atoms with Crippen LogP contribution < -0.4 is 0 Å². The fourth-order valence-electron chi connectivity index (χ4n) is 2.52. The molecule has 2 fully saturated rings. The molecule has 0 unspecified atom stereocenters. The molecule has 0 aromatic carbocycles. The van der Waals surface area contributed by atoms with Crippen LogP contribution in [0.2, 0.25) is 0 Å². The summed E-state index contributed by atoms with van der Waals surface area (Å²) in [5, 5.41) is 38.5. The van der Waals surface area contributed by atoms with Crippen molar-refractivity contribution < 1.29 is 34.6 Å². The van der Waals surface area contributed by atoms with Crippen LogP contribution >= 0.6 is 0 Å². The molecule has 2 saturated heterocycles. The molecular formula is C12H22O7. The molecule has 0 saturated carbocycles. The normalized spacial score (nSPS) is 52.1. The van der Waals surface area contributed by atoms with E-state index in [1.165, 1.54) is 0 Å². The lowest BCUT2D eigenvalue weighted by molar-refractivity contribution is -0.306. The van der Waals surface area contributed by atoms with Gasteiger partial charge in [0, 0.05) is 12.8 Å². The molecule has 112 valence electrons. The lowest BCUT2D eigenvalue weighted by Crippen LogP contribution is -2.53. The fourth-order valence-corrected chi connectivity index (χ4v) is 2.52. The summed E-state index contributed by atoms with van der Waals surface area (Å²) in [5.74, 6) is 0. The number of hydrogen-bond acceptors (Lipinski definition) is 7. The maximum Gasteiger partial charge on any atom is 0.161 e. The van der Waals surface area contributed by atoms with E-state index in [2.05, 4.69) is 0 Å². The summed E-state index contributed by atoms with van der Waals surface area (Å²) in [4.78, 5) is 0. The Kier molecular flexibility index (Phi) is 4.78. The van der Waals surface area contributed by atoms with Crippen molar-refractivity contribution in [2.75, 3.05) is 0 Å². The van der Waals surface area contributed by atoms with E-state index >= 15 is 0 Å². The smallest absolute Gasteiger partial charge is 0.161 e. The van der Waals surface area contributed by atoms with Crippen molar-refractivity contribution >= 4 is 0 Å². The van der Waals surface area contributed by atoms with Crippen molar-refractivity contribution in [3.8, 4) is 0 Å². The lowest BCUT2D eigenvalue weighted by atomic mass is 10.0. The molecule has 19 heavy (non-hydrogen) atoms. The summed E-state index contributed by atoms with van der Waals surface area (Å²) >= 11 is 0. The molecule has 0 aliphatic carbocycles. The van der Waals surface area contributed by atoms with Crippen LogP contribution in [0.25, 0.3) is 0 Å². The molecule has 0 aromatic heterocycles. The zero-order valence-electron chi connectivity index (χ0n) is 11.0. The molecule has 0 spiro atoms. The van der Waals surface area contributed by atoms with E-state index in [1.54, 1.807) is 13.8 Å². The van der Waals surface area contributed by atoms with Gasteiger partial charge in [-0.25, -0.2) is 0 Å². The summed E-state index contributed by atoms with van der Waals surface area (Å²) in [6, 6.07) is 0. The first-order valence-corrected chi connectivity index (χ1v) is 6.57. The second kappa shape index (κ2) is 6.01. The Bertz CT molecular complexity index is 276. The van der Waals surface area contributed by atoms with Crippen LogP contribution in [0.1, 0.15) is 26.7 Å². The molecule has 2 rings (SSSR count). The van der Waals surface area contributed by atoms with Gasteiger partial charge in [-0.3, -0.25) is 0 Å². The van der Waals surface area contributed by atoms with E-state index < -0.39 is 49.2 Å². The van der Waals surface area contributed by atoms with Crippen LogP contribution in [0.4, 0.5) is 0 Å². The van der Waals surface area contributed by atoms with Gasteiger partial charge >= 0.3 is 0 Å². The zero-order valence-corrected chi connectivity index (χ0v) is 11.0. The Morgan fingerprint density at radius 1 is 0.895 bits per heavy atom. The maximum absolute atomic E-state index is 9.89. The minimum atomic E-state index is -0.997. The molecule has 0 radical (unpaired) electrons. The number of hydrogen-bond donors (Lipinski definition) is 4. The fraction of sp³-hybridized carbons (Fsp3) is 1.00. The van der Waals surface area contributed by atoms with E-state index in [9.17, 15) is 20.4 Å². The average Bonchev–Trinajstić information content (AvgIpc) is 2.30. The molecule has 7 nitrogen and oxygen atoms in total. The molecular weight excluding hydrogens is 256 g/mol. The molecule has 7 heteroatoms. The maximum atomic E-state index is 9.89. The van der Waals surface area contributed by atoms with Crippen molar-refractivity contribution in [1.82, 2.24) is 0 Å². The van der Waals surface area contributed by atoms with Crippen molar-refractivity contribution in [1.29, 1.82) is 0 Å². The number of aliphatic hydroxyl groups excluding tert-OH is 4. The Balaban J connectivity index is 1.93. The monoisotopic (exact) mass is 278 g/mol. The summed E-state index contributed by atoms with van der Waals surface area (Å²) in [5.41, 5.74) is 0. The van der Waals surface area contributed by atoms with Crippen molar-refractivity contribution in [3.05, 3.63) is 0 Å². The van der Waals surface area contributed by atoms with E-state index in [1.807, 2.05) is 0 Å². The van der Waals surface area contributed by atoms with Crippen LogP contribution in [0.15, 0.2) is 0 Å². The summed E-state index contributed by atoms with van der Waals surface area (Å²) in [6.45, 7) is 3.33. The van der Waals surface area contributed by atoms with Crippen LogP contribution in [0.5, 0.6) is 0 Å². The first-order chi connectivity index (χ1) is 8.88. The highest BCUT2D eigenvalue weighted by Crippen LogP contribution is 2.27. The van der Waals surface area contributed by atoms with Crippen LogP contribution in [0.3, 0.4) is 0 Å². The van der Waals surface area contributed by atoms with Crippen LogP contribution in [-0.4, -0.2) is 69.6 Å². The van der Waals surface area contributed by atoms with Gasteiger partial charge in [0.05, 0.1) is 24.4 Å². The standard InChI is InChI=1S/C12H22O7/c1-5-11(16)7(13)4-10(18-5)19-12-6(2)17-9(15)3-8(12)14/h5-16H,3-4H2,1-2H3/t5-,6-,7+,8+,9+,10-,11-,12-/m1/s1. The summed E-state index contributed by atoms with van der Waals surface area (Å²) in [6.07, 6.45) is -5.89. The van der Waals surface area contributed by atoms with Gasteiger partial charge in [-0.2, -0.15) is 0 Å². The largest absolute Gasteiger partial charge is 0.390 e. The Hall–Kier alpha value is -0.280. The first kappa shape index (κ1) is 15.1. The van der Waals surface area contributed by atoms with Gasteiger partial charge < -0.3 is 34.6 Å². The second-order valence-corrected chi connectivity index (χ2v) is 5.26. The minimum absolute atomic E-state index is 0.0719. The number of ether oxygens (including phenoxy) is 3. The highest BCUT2D eigenvalue weighted by atomic mass is 16.7. The molecule has 0 aromatic rings. The second-order valence-electron chi connectivity index (χ2n) is 5.26. The Labute approximate surface area is 111 Å². The Morgan fingerprint density at radius 3 is 2.16 bits per heavy atom. The Morgan fingerprint density at radius 2 is 1.58 bits per heavy atom. The predicted octanol–water partition coefficient (Wildman–Crippen LogP) is -1.28. The minimum Gasteiger partial charge on any atom is -0.390 e. The van der Waals surface area contributed by atoms with Crippen molar-refractivity contribution in [2.45, 2.75) is 75.9 Å². The lowest BCUT2D eigenvalue weighted by Gasteiger charge is -2.41. The average molecular weight is 278 g/mol. The van der Waals surface area contributed by atoms with Crippen molar-refractivity contribution in [3.63, 3.8) is 0 Å². The molecule has 4 N–H and O–H groups in total. The molecule has 0 amide bonds. The van der Waals surface area contributed by atoms with Gasteiger partial charge in [-0.05, 0) is 13.8 Å². The molecule has 2 heterocycles. The molecule has 0 bridgehead atoms. The van der Waals surface area contributed by atoms with Gasteiger partial charge in [0.1, 0.15) is 12.2 Å². The number of rotatable bonds is 2. The van der Waals surface area contributed by atoms with E-state index in [4.69, 9.17) is 14.2 Å². The molecule has 8 atom stereocenters. The van der Waals surface area contributed by atoms with Crippen molar-refractivity contribution in [2.24, 2.45) is 0 Å². The summed E-state index contributed by atoms with van der Waals surface area (Å²) in [7, 11) is 0. The first-order valence-electron chi connectivity index (χ1n) is 6.57. The third-order valence-electron chi connectivity index (χ3n) is 3.64. The van der Waals surface area contributed by atoms with E-state index in [0.29, 0.717) is 0 Å². The van der Waals surface area contributed by atoms with Gasteiger partial charge in [-0.1, -0.05) is 0 Å². The van der Waals surface area contributed by atoms with Gasteiger partial charge in [-0.15, -0.1) is 0 Å².